The van der Waals surface area contributed by atoms with Gasteiger partial charge in [0.25, 0.3) is 0 Å². The quantitative estimate of drug-likeness (QED) is 0.321. The standard InChI is InChI=1S/C29H43N/c1-3-5-7-8-9-10-12-25-13-17-26(18-14-25)28-21-22-29(30-23-28)27-19-15-24(16-20-27)11-6-4-2/h13-14,17-18,21-24,27H,3-12,15-16,19-20H2,1-2H3/t24-,27-. The van der Waals surface area contributed by atoms with Gasteiger partial charge in [-0.2, -0.15) is 0 Å². The first kappa shape index (κ1) is 23.0. The van der Waals surface area contributed by atoms with E-state index in [1.807, 2.05) is 0 Å². The van der Waals surface area contributed by atoms with E-state index in [9.17, 15) is 0 Å². The van der Waals surface area contributed by atoms with Gasteiger partial charge in [0.1, 0.15) is 0 Å². The van der Waals surface area contributed by atoms with Crippen molar-refractivity contribution in [3.8, 4) is 11.1 Å². The summed E-state index contributed by atoms with van der Waals surface area (Å²) in [6, 6.07) is 13.8. The van der Waals surface area contributed by atoms with E-state index in [0.29, 0.717) is 5.92 Å². The highest BCUT2D eigenvalue weighted by molar-refractivity contribution is 5.62. The molecular weight excluding hydrogens is 362 g/mol. The van der Waals surface area contributed by atoms with Crippen LogP contribution in [0.5, 0.6) is 0 Å². The highest BCUT2D eigenvalue weighted by Gasteiger charge is 2.22. The predicted octanol–water partition coefficient (Wildman–Crippen LogP) is 9.12. The minimum Gasteiger partial charge on any atom is -0.260 e. The zero-order valence-corrected chi connectivity index (χ0v) is 19.5. The Bertz CT molecular complexity index is 692. The molecule has 0 amide bonds. The average Bonchev–Trinajstić information content (AvgIpc) is 2.81. The fourth-order valence-corrected chi connectivity index (χ4v) is 5.03. The molecule has 1 fully saturated rings. The molecule has 0 spiro atoms. The Morgan fingerprint density at radius 3 is 2.03 bits per heavy atom. The third kappa shape index (κ3) is 7.25. The summed E-state index contributed by atoms with van der Waals surface area (Å²) in [5.41, 5.74) is 5.33. The van der Waals surface area contributed by atoms with Gasteiger partial charge >= 0.3 is 0 Å². The molecule has 1 saturated carbocycles. The lowest BCUT2D eigenvalue weighted by atomic mass is 9.78. The second-order valence-electron chi connectivity index (χ2n) is 9.55. The Morgan fingerprint density at radius 2 is 1.37 bits per heavy atom. The molecule has 30 heavy (non-hydrogen) atoms. The highest BCUT2D eigenvalue weighted by Crippen LogP contribution is 2.37. The molecule has 0 aliphatic heterocycles. The summed E-state index contributed by atoms with van der Waals surface area (Å²) in [6.07, 6.45) is 21.1. The summed E-state index contributed by atoms with van der Waals surface area (Å²) in [5, 5.41) is 0. The SMILES string of the molecule is CCCCCCCCc1ccc(-c2ccc([C@H]3CC[C@H](CCCC)CC3)nc2)cc1. The van der Waals surface area contributed by atoms with E-state index in [0.717, 1.165) is 5.92 Å². The number of pyridine rings is 1. The molecule has 1 aliphatic carbocycles. The molecule has 1 aliphatic rings. The molecule has 1 aromatic heterocycles. The number of unbranched alkanes of at least 4 members (excludes halogenated alkanes) is 6. The minimum absolute atomic E-state index is 0.677. The Labute approximate surface area is 185 Å². The number of aryl methyl sites for hydroxylation is 1. The van der Waals surface area contributed by atoms with Crippen molar-refractivity contribution in [1.82, 2.24) is 4.98 Å². The fraction of sp³-hybridized carbons (Fsp3) is 0.621. The molecule has 1 aromatic carbocycles. The summed E-state index contributed by atoms with van der Waals surface area (Å²) in [6.45, 7) is 4.59. The van der Waals surface area contributed by atoms with Crippen molar-refractivity contribution in [1.29, 1.82) is 0 Å². The highest BCUT2D eigenvalue weighted by atomic mass is 14.7. The first-order valence-corrected chi connectivity index (χ1v) is 12.9. The minimum atomic E-state index is 0.677. The van der Waals surface area contributed by atoms with Gasteiger partial charge in [-0.15, -0.1) is 0 Å². The summed E-state index contributed by atoms with van der Waals surface area (Å²) in [5.74, 6) is 1.65. The fourth-order valence-electron chi connectivity index (χ4n) is 5.03. The van der Waals surface area contributed by atoms with Gasteiger partial charge in [-0.1, -0.05) is 95.5 Å². The van der Waals surface area contributed by atoms with E-state index >= 15 is 0 Å². The molecule has 3 rings (SSSR count). The molecule has 0 atom stereocenters. The van der Waals surface area contributed by atoms with Crippen LogP contribution in [0, 0.1) is 5.92 Å². The molecule has 0 N–H and O–H groups in total. The second-order valence-corrected chi connectivity index (χ2v) is 9.55. The van der Waals surface area contributed by atoms with Crippen LogP contribution in [-0.2, 0) is 6.42 Å². The lowest BCUT2D eigenvalue weighted by molar-refractivity contribution is 0.301. The van der Waals surface area contributed by atoms with Crippen LogP contribution in [0.15, 0.2) is 42.6 Å². The smallest absolute Gasteiger partial charge is 0.0434 e. The van der Waals surface area contributed by atoms with E-state index in [2.05, 4.69) is 56.4 Å². The van der Waals surface area contributed by atoms with Crippen LogP contribution < -0.4 is 0 Å². The van der Waals surface area contributed by atoms with Gasteiger partial charge in [0.05, 0.1) is 0 Å². The zero-order valence-electron chi connectivity index (χ0n) is 19.5. The number of aromatic nitrogens is 1. The van der Waals surface area contributed by atoms with Gasteiger partial charge in [0.15, 0.2) is 0 Å². The van der Waals surface area contributed by atoms with Gasteiger partial charge in [-0.3, -0.25) is 4.98 Å². The van der Waals surface area contributed by atoms with Crippen molar-refractivity contribution >= 4 is 0 Å². The van der Waals surface area contributed by atoms with E-state index in [-0.39, 0.29) is 0 Å². The molecule has 164 valence electrons. The van der Waals surface area contributed by atoms with Crippen molar-refractivity contribution in [3.05, 3.63) is 53.9 Å². The Hall–Kier alpha value is -1.63. The van der Waals surface area contributed by atoms with Crippen LogP contribution in [0.2, 0.25) is 0 Å². The Morgan fingerprint density at radius 1 is 0.700 bits per heavy atom. The lowest BCUT2D eigenvalue weighted by Crippen LogP contribution is -2.14. The second kappa shape index (κ2) is 12.9. The van der Waals surface area contributed by atoms with Crippen molar-refractivity contribution in [3.63, 3.8) is 0 Å². The number of benzene rings is 1. The van der Waals surface area contributed by atoms with Crippen LogP contribution in [0.25, 0.3) is 11.1 Å². The summed E-state index contributed by atoms with van der Waals surface area (Å²) in [4.78, 5) is 4.87. The maximum absolute atomic E-state index is 4.87. The summed E-state index contributed by atoms with van der Waals surface area (Å²) in [7, 11) is 0. The van der Waals surface area contributed by atoms with E-state index in [1.54, 1.807) is 0 Å². The average molecular weight is 406 g/mol. The van der Waals surface area contributed by atoms with E-state index in [4.69, 9.17) is 4.98 Å². The lowest BCUT2D eigenvalue weighted by Gasteiger charge is -2.28. The third-order valence-corrected chi connectivity index (χ3v) is 7.12. The molecule has 1 heteroatoms. The first-order chi connectivity index (χ1) is 14.8. The molecule has 1 heterocycles. The van der Waals surface area contributed by atoms with Crippen molar-refractivity contribution in [2.45, 2.75) is 110 Å². The molecule has 0 unspecified atom stereocenters. The van der Waals surface area contributed by atoms with Crippen molar-refractivity contribution < 1.29 is 0 Å². The zero-order chi connectivity index (χ0) is 21.0. The Balaban J connectivity index is 1.45. The third-order valence-electron chi connectivity index (χ3n) is 7.12. The molecule has 0 bridgehead atoms. The van der Waals surface area contributed by atoms with Crippen LogP contribution >= 0.6 is 0 Å². The molecule has 2 aromatic rings. The van der Waals surface area contributed by atoms with Gasteiger partial charge in [0.2, 0.25) is 0 Å². The first-order valence-electron chi connectivity index (χ1n) is 12.9. The maximum atomic E-state index is 4.87. The number of hydrogen-bond donors (Lipinski definition) is 0. The van der Waals surface area contributed by atoms with Crippen LogP contribution in [0.4, 0.5) is 0 Å². The van der Waals surface area contributed by atoms with Gasteiger partial charge in [-0.25, -0.2) is 0 Å². The topological polar surface area (TPSA) is 12.9 Å². The molecule has 1 nitrogen and oxygen atoms in total. The predicted molar refractivity (Wildman–Crippen MR) is 131 cm³/mol. The molecule has 0 saturated heterocycles. The van der Waals surface area contributed by atoms with Crippen molar-refractivity contribution in [2.24, 2.45) is 5.92 Å². The maximum Gasteiger partial charge on any atom is 0.0434 e. The van der Waals surface area contributed by atoms with Crippen LogP contribution in [0.3, 0.4) is 0 Å². The number of hydrogen-bond acceptors (Lipinski definition) is 1. The monoisotopic (exact) mass is 405 g/mol. The van der Waals surface area contributed by atoms with Crippen LogP contribution in [0.1, 0.15) is 114 Å². The largest absolute Gasteiger partial charge is 0.260 e. The Kier molecular flexibility index (Phi) is 9.93. The van der Waals surface area contributed by atoms with Gasteiger partial charge in [0, 0.05) is 23.4 Å². The van der Waals surface area contributed by atoms with Gasteiger partial charge < -0.3 is 0 Å². The number of rotatable bonds is 12. The molecular formula is C29H43N. The molecule has 0 radical (unpaired) electrons. The summed E-state index contributed by atoms with van der Waals surface area (Å²) >= 11 is 0. The van der Waals surface area contributed by atoms with Crippen LogP contribution in [-0.4, -0.2) is 4.98 Å². The van der Waals surface area contributed by atoms with E-state index < -0.39 is 0 Å². The van der Waals surface area contributed by atoms with Crippen molar-refractivity contribution in [2.75, 3.05) is 0 Å². The van der Waals surface area contributed by atoms with E-state index in [1.165, 1.54) is 112 Å². The normalized spacial score (nSPS) is 19.1. The van der Waals surface area contributed by atoms with Gasteiger partial charge in [-0.05, 0) is 61.6 Å². The summed E-state index contributed by atoms with van der Waals surface area (Å²) < 4.78 is 0. The number of nitrogens with zero attached hydrogens (tertiary/aromatic N) is 1.